The zero-order chi connectivity index (χ0) is 12.7. The highest BCUT2D eigenvalue weighted by atomic mass is 35.5. The Kier molecular flexibility index (Phi) is 6.16. The highest BCUT2D eigenvalue weighted by molar-refractivity contribution is 6.31. The van der Waals surface area contributed by atoms with Crippen LogP contribution in [0.2, 0.25) is 5.02 Å². The van der Waals surface area contributed by atoms with Crippen molar-refractivity contribution in [3.05, 3.63) is 22.7 Å². The maximum absolute atomic E-state index is 6.21. The van der Waals surface area contributed by atoms with Gasteiger partial charge in [-0.25, -0.2) is 0 Å². The van der Waals surface area contributed by atoms with Gasteiger partial charge in [-0.1, -0.05) is 11.6 Å². The Morgan fingerprint density at radius 2 is 2.06 bits per heavy atom. The van der Waals surface area contributed by atoms with Crippen molar-refractivity contribution in [2.75, 3.05) is 20.3 Å². The van der Waals surface area contributed by atoms with Gasteiger partial charge >= 0.3 is 0 Å². The summed E-state index contributed by atoms with van der Waals surface area (Å²) >= 11 is 6.21. The number of hydrogen-bond donors (Lipinski definition) is 1. The minimum absolute atomic E-state index is 0.598. The van der Waals surface area contributed by atoms with Gasteiger partial charge in [0, 0.05) is 10.6 Å². The van der Waals surface area contributed by atoms with Crippen LogP contribution < -0.4 is 15.2 Å². The number of rotatable bonds is 7. The number of benzene rings is 1. The molecule has 0 amide bonds. The molecule has 0 aromatic heterocycles. The van der Waals surface area contributed by atoms with E-state index in [2.05, 4.69) is 0 Å². The van der Waals surface area contributed by atoms with Crippen LogP contribution in [0.25, 0.3) is 0 Å². The molecule has 0 aliphatic rings. The molecule has 1 rings (SSSR count). The molecule has 2 N–H and O–H groups in total. The Morgan fingerprint density at radius 1 is 1.29 bits per heavy atom. The summed E-state index contributed by atoms with van der Waals surface area (Å²) in [6, 6.07) is 3.68. The van der Waals surface area contributed by atoms with E-state index in [1.165, 1.54) is 0 Å². The molecule has 0 atom stereocenters. The second kappa shape index (κ2) is 7.41. The van der Waals surface area contributed by atoms with Crippen LogP contribution in [-0.4, -0.2) is 20.3 Å². The molecule has 96 valence electrons. The van der Waals surface area contributed by atoms with E-state index in [4.69, 9.17) is 26.8 Å². The highest BCUT2D eigenvalue weighted by Crippen LogP contribution is 2.37. The van der Waals surface area contributed by atoms with Gasteiger partial charge in [-0.3, -0.25) is 0 Å². The molecular weight excluding hydrogens is 238 g/mol. The summed E-state index contributed by atoms with van der Waals surface area (Å²) in [5, 5.41) is 0.728. The predicted molar refractivity (Wildman–Crippen MR) is 71.2 cm³/mol. The average molecular weight is 258 g/mol. The molecule has 0 heterocycles. The van der Waals surface area contributed by atoms with E-state index in [1.807, 2.05) is 19.1 Å². The van der Waals surface area contributed by atoms with E-state index >= 15 is 0 Å². The van der Waals surface area contributed by atoms with E-state index in [-0.39, 0.29) is 0 Å². The Labute approximate surface area is 108 Å². The topological polar surface area (TPSA) is 44.5 Å². The molecule has 0 spiro atoms. The van der Waals surface area contributed by atoms with Crippen molar-refractivity contribution in [1.82, 2.24) is 0 Å². The summed E-state index contributed by atoms with van der Waals surface area (Å²) in [4.78, 5) is 0. The van der Waals surface area contributed by atoms with Gasteiger partial charge < -0.3 is 15.2 Å². The summed E-state index contributed by atoms with van der Waals surface area (Å²) in [6.45, 7) is 3.25. The van der Waals surface area contributed by atoms with Crippen LogP contribution in [0.1, 0.15) is 25.3 Å². The number of hydrogen-bond acceptors (Lipinski definition) is 3. The van der Waals surface area contributed by atoms with Crippen LogP contribution in [0.5, 0.6) is 11.5 Å². The van der Waals surface area contributed by atoms with E-state index in [1.54, 1.807) is 7.11 Å². The van der Waals surface area contributed by atoms with Crippen LogP contribution in [0.15, 0.2) is 12.1 Å². The van der Waals surface area contributed by atoms with Crippen molar-refractivity contribution >= 4 is 11.6 Å². The third-order valence-electron chi connectivity index (χ3n) is 2.56. The molecule has 0 saturated heterocycles. The molecular formula is C13H20ClNO2. The lowest BCUT2D eigenvalue weighted by Crippen LogP contribution is -2.03. The Balaban J connectivity index is 2.96. The van der Waals surface area contributed by atoms with E-state index in [0.717, 1.165) is 41.3 Å². The maximum atomic E-state index is 6.21. The molecule has 4 heteroatoms. The fourth-order valence-electron chi connectivity index (χ4n) is 1.72. The Hall–Kier alpha value is -0.930. The van der Waals surface area contributed by atoms with Crippen LogP contribution in [0, 0.1) is 0 Å². The molecule has 1 aromatic rings. The van der Waals surface area contributed by atoms with E-state index in [0.29, 0.717) is 13.2 Å². The summed E-state index contributed by atoms with van der Waals surface area (Å²) in [7, 11) is 1.63. The van der Waals surface area contributed by atoms with Crippen molar-refractivity contribution in [1.29, 1.82) is 0 Å². The normalized spacial score (nSPS) is 10.4. The van der Waals surface area contributed by atoms with Crippen LogP contribution in [0.3, 0.4) is 0 Å². The van der Waals surface area contributed by atoms with Gasteiger partial charge in [0.25, 0.3) is 0 Å². The number of nitrogens with two attached hydrogens (primary N) is 1. The first-order valence-corrected chi connectivity index (χ1v) is 6.30. The lowest BCUT2D eigenvalue weighted by atomic mass is 10.1. The molecule has 0 saturated carbocycles. The van der Waals surface area contributed by atoms with Gasteiger partial charge in [0.15, 0.2) is 11.5 Å². The first-order valence-electron chi connectivity index (χ1n) is 5.92. The molecule has 3 nitrogen and oxygen atoms in total. The summed E-state index contributed by atoms with van der Waals surface area (Å²) in [5.41, 5.74) is 6.51. The maximum Gasteiger partial charge on any atom is 0.165 e. The van der Waals surface area contributed by atoms with Gasteiger partial charge in [-0.2, -0.15) is 0 Å². The minimum atomic E-state index is 0.598. The summed E-state index contributed by atoms with van der Waals surface area (Å²) < 4.78 is 10.9. The molecule has 17 heavy (non-hydrogen) atoms. The summed E-state index contributed by atoms with van der Waals surface area (Å²) in [6.07, 6.45) is 2.85. The Bertz CT molecular complexity index is 356. The smallest absolute Gasteiger partial charge is 0.165 e. The summed E-state index contributed by atoms with van der Waals surface area (Å²) in [5.74, 6) is 1.50. The predicted octanol–water partition coefficient (Wildman–Crippen LogP) is 3.03. The van der Waals surface area contributed by atoms with Gasteiger partial charge in [-0.05, 0) is 44.9 Å². The molecule has 0 aliphatic heterocycles. The number of unbranched alkanes of at least 4 members (excludes halogenated alkanes) is 1. The first kappa shape index (κ1) is 14.1. The molecule has 0 fully saturated rings. The monoisotopic (exact) mass is 257 g/mol. The second-order valence-electron chi connectivity index (χ2n) is 3.74. The van der Waals surface area contributed by atoms with Crippen molar-refractivity contribution < 1.29 is 9.47 Å². The average Bonchev–Trinajstić information content (AvgIpc) is 2.33. The SMILES string of the molecule is CCOc1c(OC)ccc(Cl)c1CCCCN. The molecule has 1 aromatic carbocycles. The van der Waals surface area contributed by atoms with Gasteiger partial charge in [0.1, 0.15) is 0 Å². The standard InChI is InChI=1S/C13H20ClNO2/c1-3-17-13-10(6-4-5-9-15)11(14)7-8-12(13)16-2/h7-8H,3-6,9,15H2,1-2H3. The third-order valence-corrected chi connectivity index (χ3v) is 2.91. The minimum Gasteiger partial charge on any atom is -0.493 e. The van der Waals surface area contributed by atoms with Crippen molar-refractivity contribution in [2.24, 2.45) is 5.73 Å². The van der Waals surface area contributed by atoms with Gasteiger partial charge in [0.2, 0.25) is 0 Å². The number of methoxy groups -OCH3 is 1. The first-order chi connectivity index (χ1) is 8.24. The highest BCUT2D eigenvalue weighted by Gasteiger charge is 2.13. The number of halogens is 1. The zero-order valence-electron chi connectivity index (χ0n) is 10.5. The van der Waals surface area contributed by atoms with Crippen molar-refractivity contribution in [3.8, 4) is 11.5 Å². The molecule has 0 bridgehead atoms. The van der Waals surface area contributed by atoms with Gasteiger partial charge in [-0.15, -0.1) is 0 Å². The molecule has 0 unspecified atom stereocenters. The van der Waals surface area contributed by atoms with Crippen LogP contribution in [0.4, 0.5) is 0 Å². The van der Waals surface area contributed by atoms with Crippen LogP contribution in [-0.2, 0) is 6.42 Å². The lowest BCUT2D eigenvalue weighted by Gasteiger charge is -2.15. The molecule has 0 radical (unpaired) electrons. The van der Waals surface area contributed by atoms with E-state index in [9.17, 15) is 0 Å². The lowest BCUT2D eigenvalue weighted by molar-refractivity contribution is 0.307. The fourth-order valence-corrected chi connectivity index (χ4v) is 1.97. The van der Waals surface area contributed by atoms with E-state index < -0.39 is 0 Å². The van der Waals surface area contributed by atoms with Crippen molar-refractivity contribution in [3.63, 3.8) is 0 Å². The van der Waals surface area contributed by atoms with Crippen LogP contribution >= 0.6 is 11.6 Å². The van der Waals surface area contributed by atoms with Gasteiger partial charge in [0.05, 0.1) is 13.7 Å². The second-order valence-corrected chi connectivity index (χ2v) is 4.14. The zero-order valence-corrected chi connectivity index (χ0v) is 11.2. The number of ether oxygens (including phenoxy) is 2. The molecule has 0 aliphatic carbocycles. The fraction of sp³-hybridized carbons (Fsp3) is 0.538. The quantitative estimate of drug-likeness (QED) is 0.764. The third kappa shape index (κ3) is 3.79. The Morgan fingerprint density at radius 3 is 2.65 bits per heavy atom. The largest absolute Gasteiger partial charge is 0.493 e. The van der Waals surface area contributed by atoms with Crippen molar-refractivity contribution in [2.45, 2.75) is 26.2 Å².